The molecule has 0 bridgehead atoms. The van der Waals surface area contributed by atoms with E-state index in [1.165, 1.54) is 29.5 Å². The third-order valence-corrected chi connectivity index (χ3v) is 3.32. The molecule has 1 aromatic rings. The van der Waals surface area contributed by atoms with E-state index in [4.69, 9.17) is 4.74 Å². The Morgan fingerprint density at radius 1 is 1.24 bits per heavy atom. The molecular formula is C16H22O. The monoisotopic (exact) mass is 230 g/mol. The van der Waals surface area contributed by atoms with Crippen LogP contribution in [0.2, 0.25) is 0 Å². The average molecular weight is 230 g/mol. The second-order valence-corrected chi connectivity index (χ2v) is 4.69. The molecule has 0 saturated heterocycles. The van der Waals surface area contributed by atoms with E-state index in [0.717, 1.165) is 19.4 Å². The lowest BCUT2D eigenvalue weighted by Gasteiger charge is -2.28. The van der Waals surface area contributed by atoms with Gasteiger partial charge in [0.2, 0.25) is 0 Å². The quantitative estimate of drug-likeness (QED) is 0.736. The molecule has 0 aromatic heterocycles. The molecule has 0 amide bonds. The third kappa shape index (κ3) is 2.78. The van der Waals surface area contributed by atoms with Crippen LogP contribution in [-0.4, -0.2) is 6.10 Å². The minimum atomic E-state index is 0.307. The van der Waals surface area contributed by atoms with E-state index in [1.54, 1.807) is 0 Å². The lowest BCUT2D eigenvalue weighted by Crippen LogP contribution is -2.21. The van der Waals surface area contributed by atoms with Crippen LogP contribution in [0.15, 0.2) is 30.3 Å². The molecule has 0 saturated carbocycles. The zero-order valence-corrected chi connectivity index (χ0v) is 10.9. The maximum atomic E-state index is 5.99. The molecule has 0 N–H and O–H groups in total. The maximum Gasteiger partial charge on any atom is 0.0832 e. The van der Waals surface area contributed by atoms with E-state index >= 15 is 0 Å². The van der Waals surface area contributed by atoms with Gasteiger partial charge in [-0.05, 0) is 29.5 Å². The number of ether oxygens (including phenoxy) is 1. The predicted molar refractivity (Wildman–Crippen MR) is 72.8 cm³/mol. The van der Waals surface area contributed by atoms with Crippen molar-refractivity contribution in [1.29, 1.82) is 0 Å². The van der Waals surface area contributed by atoms with Crippen molar-refractivity contribution in [3.05, 3.63) is 41.5 Å². The number of fused-ring (bicyclic) bond motifs is 1. The fraction of sp³-hybridized carbons (Fsp3) is 0.500. The molecule has 1 aliphatic rings. The van der Waals surface area contributed by atoms with Crippen LogP contribution in [0.4, 0.5) is 0 Å². The normalized spacial score (nSPS) is 21.5. The van der Waals surface area contributed by atoms with Gasteiger partial charge in [0.15, 0.2) is 0 Å². The summed E-state index contributed by atoms with van der Waals surface area (Å²) in [7, 11) is 0. The molecule has 0 spiro atoms. The number of allylic oxidation sites excluding steroid dienone is 1. The van der Waals surface area contributed by atoms with Crippen LogP contribution in [0.1, 0.15) is 50.7 Å². The van der Waals surface area contributed by atoms with E-state index in [2.05, 4.69) is 44.2 Å². The summed E-state index contributed by atoms with van der Waals surface area (Å²) in [6.45, 7) is 5.22. The van der Waals surface area contributed by atoms with Gasteiger partial charge in [-0.25, -0.2) is 0 Å². The topological polar surface area (TPSA) is 9.23 Å². The Balaban J connectivity index is 2.32. The average Bonchev–Trinajstić information content (AvgIpc) is 2.37. The number of rotatable bonds is 4. The Morgan fingerprint density at radius 2 is 2.06 bits per heavy atom. The van der Waals surface area contributed by atoms with Gasteiger partial charge in [-0.3, -0.25) is 0 Å². The van der Waals surface area contributed by atoms with Gasteiger partial charge in [0.05, 0.1) is 12.7 Å². The van der Waals surface area contributed by atoms with Crippen molar-refractivity contribution in [1.82, 2.24) is 0 Å². The molecule has 1 heterocycles. The summed E-state index contributed by atoms with van der Waals surface area (Å²) in [5.74, 6) is 0. The summed E-state index contributed by atoms with van der Waals surface area (Å²) in [6.07, 6.45) is 7.33. The minimum Gasteiger partial charge on any atom is -0.369 e. The summed E-state index contributed by atoms with van der Waals surface area (Å²) in [5.41, 5.74) is 4.16. The summed E-state index contributed by atoms with van der Waals surface area (Å²) in [4.78, 5) is 0. The van der Waals surface area contributed by atoms with Crippen molar-refractivity contribution >= 4 is 5.57 Å². The molecule has 92 valence electrons. The molecule has 0 fully saturated rings. The lowest BCUT2D eigenvalue weighted by atomic mass is 9.90. The molecule has 1 heteroatoms. The second-order valence-electron chi connectivity index (χ2n) is 4.69. The Kier molecular flexibility index (Phi) is 4.38. The zero-order valence-electron chi connectivity index (χ0n) is 10.9. The molecule has 17 heavy (non-hydrogen) atoms. The van der Waals surface area contributed by atoms with E-state index in [9.17, 15) is 0 Å². The molecular weight excluding hydrogens is 208 g/mol. The Bertz CT molecular complexity index is 392. The smallest absolute Gasteiger partial charge is 0.0832 e. The lowest BCUT2D eigenvalue weighted by molar-refractivity contribution is 0.0653. The highest BCUT2D eigenvalue weighted by atomic mass is 16.5. The molecule has 1 aliphatic heterocycles. The summed E-state index contributed by atoms with van der Waals surface area (Å²) < 4.78 is 5.99. The first-order chi connectivity index (χ1) is 8.36. The van der Waals surface area contributed by atoms with Crippen LogP contribution in [0, 0.1) is 0 Å². The third-order valence-electron chi connectivity index (χ3n) is 3.32. The van der Waals surface area contributed by atoms with Crippen LogP contribution in [0.3, 0.4) is 0 Å². The summed E-state index contributed by atoms with van der Waals surface area (Å²) in [5, 5.41) is 0. The largest absolute Gasteiger partial charge is 0.369 e. The van der Waals surface area contributed by atoms with Crippen LogP contribution in [0.5, 0.6) is 0 Å². The fourth-order valence-corrected chi connectivity index (χ4v) is 2.42. The Morgan fingerprint density at radius 3 is 2.82 bits per heavy atom. The van der Waals surface area contributed by atoms with Gasteiger partial charge in [-0.15, -0.1) is 0 Å². The minimum absolute atomic E-state index is 0.307. The second kappa shape index (κ2) is 6.02. The first-order valence-electron chi connectivity index (χ1n) is 6.76. The first-order valence-corrected chi connectivity index (χ1v) is 6.76. The van der Waals surface area contributed by atoms with Crippen LogP contribution in [0.25, 0.3) is 5.57 Å². The number of benzene rings is 1. The van der Waals surface area contributed by atoms with Crippen molar-refractivity contribution in [2.75, 3.05) is 0 Å². The highest BCUT2D eigenvalue weighted by Gasteiger charge is 2.22. The van der Waals surface area contributed by atoms with E-state index in [0.29, 0.717) is 6.10 Å². The molecule has 1 unspecified atom stereocenters. The van der Waals surface area contributed by atoms with E-state index in [-0.39, 0.29) is 0 Å². The number of unbranched alkanes of at least 4 members (excludes halogenated alkanes) is 1. The van der Waals surface area contributed by atoms with Crippen LogP contribution >= 0.6 is 0 Å². The van der Waals surface area contributed by atoms with Crippen molar-refractivity contribution in [3.8, 4) is 0 Å². The molecule has 1 nitrogen and oxygen atoms in total. The van der Waals surface area contributed by atoms with Gasteiger partial charge < -0.3 is 4.74 Å². The van der Waals surface area contributed by atoms with Crippen LogP contribution in [-0.2, 0) is 11.3 Å². The summed E-state index contributed by atoms with van der Waals surface area (Å²) >= 11 is 0. The number of hydrogen-bond acceptors (Lipinski definition) is 1. The van der Waals surface area contributed by atoms with Crippen molar-refractivity contribution < 1.29 is 4.74 Å². The van der Waals surface area contributed by atoms with Crippen molar-refractivity contribution in [3.63, 3.8) is 0 Å². The van der Waals surface area contributed by atoms with Gasteiger partial charge in [-0.2, -0.15) is 0 Å². The SMILES string of the molecule is CCC/C=C1\c2ccccc2COC1CCC. The molecule has 1 aromatic carbocycles. The van der Waals surface area contributed by atoms with Crippen molar-refractivity contribution in [2.24, 2.45) is 0 Å². The maximum absolute atomic E-state index is 5.99. The Hall–Kier alpha value is -1.08. The summed E-state index contributed by atoms with van der Waals surface area (Å²) in [6, 6.07) is 8.64. The van der Waals surface area contributed by atoms with Gasteiger partial charge in [-0.1, -0.05) is 57.0 Å². The standard InChI is InChI=1S/C16H22O/c1-3-5-10-15-14-11-7-6-9-13(14)12-17-16(15)8-4-2/h6-7,9-11,16H,3-5,8,12H2,1-2H3/b15-10+. The van der Waals surface area contributed by atoms with Crippen molar-refractivity contribution in [2.45, 2.75) is 52.2 Å². The molecule has 1 atom stereocenters. The number of hydrogen-bond donors (Lipinski definition) is 0. The molecule has 2 rings (SSSR count). The van der Waals surface area contributed by atoms with Crippen LogP contribution < -0.4 is 0 Å². The van der Waals surface area contributed by atoms with Gasteiger partial charge in [0.1, 0.15) is 0 Å². The molecule has 0 radical (unpaired) electrons. The Labute approximate surface area is 104 Å². The van der Waals surface area contributed by atoms with Gasteiger partial charge in [0.25, 0.3) is 0 Å². The highest BCUT2D eigenvalue weighted by Crippen LogP contribution is 2.33. The van der Waals surface area contributed by atoms with Gasteiger partial charge >= 0.3 is 0 Å². The fourth-order valence-electron chi connectivity index (χ4n) is 2.42. The van der Waals surface area contributed by atoms with E-state index in [1.807, 2.05) is 0 Å². The van der Waals surface area contributed by atoms with E-state index < -0.39 is 0 Å². The highest BCUT2D eigenvalue weighted by molar-refractivity contribution is 5.72. The zero-order chi connectivity index (χ0) is 12.1. The van der Waals surface area contributed by atoms with Gasteiger partial charge in [0, 0.05) is 0 Å². The first kappa shape index (κ1) is 12.4. The molecule has 0 aliphatic carbocycles. The predicted octanol–water partition coefficient (Wildman–Crippen LogP) is 4.57.